The lowest BCUT2D eigenvalue weighted by Crippen LogP contribution is -2.50. The third kappa shape index (κ3) is 5.82. The van der Waals surface area contributed by atoms with E-state index in [4.69, 9.17) is 15.2 Å². The third-order valence-corrected chi connectivity index (χ3v) is 8.10. The highest BCUT2D eigenvalue weighted by Gasteiger charge is 2.42. The second-order valence-corrected chi connectivity index (χ2v) is 10.6. The number of nitrogens with one attached hydrogen (secondary N) is 2. The molecule has 10 heteroatoms. The van der Waals surface area contributed by atoms with Crippen molar-refractivity contribution >= 4 is 23.5 Å². The van der Waals surface area contributed by atoms with E-state index in [1.807, 2.05) is 31.2 Å². The van der Waals surface area contributed by atoms with E-state index < -0.39 is 17.9 Å². The maximum Gasteiger partial charge on any atom is 0.253 e. The number of carbonyl (C=O) groups excluding carboxylic acids is 3. The van der Waals surface area contributed by atoms with E-state index in [0.717, 1.165) is 37.1 Å². The minimum absolute atomic E-state index is 0.0654. The number of carbonyl (C=O) groups is 3. The van der Waals surface area contributed by atoms with Gasteiger partial charge in [-0.2, -0.15) is 0 Å². The Morgan fingerprint density at radius 2 is 1.66 bits per heavy atom. The number of ether oxygens (including phenoxy) is 2. The average molecular weight is 558 g/mol. The first-order chi connectivity index (χ1) is 19.8. The molecule has 3 aromatic rings. The van der Waals surface area contributed by atoms with Gasteiger partial charge in [-0.25, -0.2) is 4.98 Å². The molecule has 10 nitrogen and oxygen atoms in total. The van der Waals surface area contributed by atoms with Gasteiger partial charge < -0.3 is 30.7 Å². The van der Waals surface area contributed by atoms with Crippen LogP contribution in [-0.2, 0) is 4.79 Å². The summed E-state index contributed by atoms with van der Waals surface area (Å²) < 4.78 is 10.5. The largest absolute Gasteiger partial charge is 0.497 e. The summed E-state index contributed by atoms with van der Waals surface area (Å²) in [6.07, 6.45) is 5.19. The number of aromatic nitrogens is 1. The molecule has 2 aromatic carbocycles. The molecule has 2 aliphatic heterocycles. The molecular formula is C31H35N5O5. The lowest BCUT2D eigenvalue weighted by Gasteiger charge is -2.40. The van der Waals surface area contributed by atoms with Crippen LogP contribution >= 0.6 is 0 Å². The Labute approximate surface area is 239 Å². The maximum absolute atomic E-state index is 13.1. The third-order valence-electron chi connectivity index (χ3n) is 8.10. The Morgan fingerprint density at radius 3 is 2.24 bits per heavy atom. The van der Waals surface area contributed by atoms with Crippen molar-refractivity contribution in [2.24, 2.45) is 5.73 Å². The van der Waals surface area contributed by atoms with Gasteiger partial charge in [0.15, 0.2) is 0 Å². The molecule has 0 aliphatic carbocycles. The van der Waals surface area contributed by atoms with Gasteiger partial charge in [-0.1, -0.05) is 18.2 Å². The normalized spacial score (nSPS) is 20.2. The second-order valence-electron chi connectivity index (χ2n) is 10.6. The number of hydrogen-bond acceptors (Lipinski definition) is 7. The van der Waals surface area contributed by atoms with Gasteiger partial charge in [-0.15, -0.1) is 0 Å². The summed E-state index contributed by atoms with van der Waals surface area (Å²) in [5.74, 6) is 0.930. The molecule has 4 N–H and O–H groups in total. The fourth-order valence-corrected chi connectivity index (χ4v) is 6.02. The van der Waals surface area contributed by atoms with Crippen LogP contribution in [0.4, 0.5) is 5.82 Å². The van der Waals surface area contributed by atoms with E-state index in [1.54, 1.807) is 44.6 Å². The smallest absolute Gasteiger partial charge is 0.253 e. The average Bonchev–Trinajstić information content (AvgIpc) is 3.25. The topological polar surface area (TPSA) is 136 Å². The molecule has 41 heavy (non-hydrogen) atoms. The number of pyridine rings is 1. The minimum Gasteiger partial charge on any atom is -0.497 e. The van der Waals surface area contributed by atoms with Gasteiger partial charge in [0, 0.05) is 35.4 Å². The van der Waals surface area contributed by atoms with Crippen LogP contribution in [0.25, 0.3) is 0 Å². The molecule has 3 heterocycles. The number of methoxy groups -OCH3 is 2. The molecule has 3 unspecified atom stereocenters. The van der Waals surface area contributed by atoms with Crippen LogP contribution in [0.1, 0.15) is 63.6 Å². The minimum atomic E-state index is -0.987. The first-order valence-electron chi connectivity index (χ1n) is 13.7. The van der Waals surface area contributed by atoms with Gasteiger partial charge in [0.05, 0.1) is 19.8 Å². The van der Waals surface area contributed by atoms with Crippen molar-refractivity contribution in [1.29, 1.82) is 0 Å². The Kier molecular flexibility index (Phi) is 8.09. The maximum atomic E-state index is 13.1. The number of fused-ring (bicyclic) bond motifs is 2. The highest BCUT2D eigenvalue weighted by molar-refractivity contribution is 5.98. The second kappa shape index (κ2) is 11.9. The van der Waals surface area contributed by atoms with E-state index in [1.165, 1.54) is 6.20 Å². The van der Waals surface area contributed by atoms with Gasteiger partial charge in [-0.3, -0.25) is 14.4 Å². The van der Waals surface area contributed by atoms with Crippen LogP contribution in [0.3, 0.4) is 0 Å². The zero-order valence-corrected chi connectivity index (χ0v) is 23.4. The van der Waals surface area contributed by atoms with Gasteiger partial charge >= 0.3 is 0 Å². The van der Waals surface area contributed by atoms with Crippen LogP contribution in [-0.4, -0.2) is 55.1 Å². The van der Waals surface area contributed by atoms with Crippen LogP contribution in [0.15, 0.2) is 60.8 Å². The van der Waals surface area contributed by atoms with E-state index in [9.17, 15) is 14.4 Å². The Balaban J connectivity index is 1.22. The number of anilines is 1. The zero-order valence-electron chi connectivity index (χ0n) is 23.4. The van der Waals surface area contributed by atoms with Crippen molar-refractivity contribution in [1.82, 2.24) is 15.6 Å². The highest BCUT2D eigenvalue weighted by Crippen LogP contribution is 2.38. The Bertz CT molecular complexity index is 1410. The molecule has 214 valence electrons. The van der Waals surface area contributed by atoms with Crippen molar-refractivity contribution < 1.29 is 23.9 Å². The van der Waals surface area contributed by atoms with Crippen LogP contribution in [0.2, 0.25) is 0 Å². The van der Waals surface area contributed by atoms with Crippen LogP contribution < -0.4 is 30.7 Å². The fourth-order valence-electron chi connectivity index (χ4n) is 6.02. The zero-order chi connectivity index (χ0) is 29.1. The van der Waals surface area contributed by atoms with Crippen molar-refractivity contribution in [3.05, 3.63) is 83.0 Å². The molecule has 1 aromatic heterocycles. The monoisotopic (exact) mass is 557 g/mol. The summed E-state index contributed by atoms with van der Waals surface area (Å²) in [5.41, 5.74) is 7.92. The summed E-state index contributed by atoms with van der Waals surface area (Å²) in [6.45, 7) is 1.89. The van der Waals surface area contributed by atoms with E-state index in [-0.39, 0.29) is 24.0 Å². The summed E-state index contributed by atoms with van der Waals surface area (Å²) in [7, 11) is 3.15. The molecule has 0 radical (unpaired) electrons. The van der Waals surface area contributed by atoms with Crippen molar-refractivity contribution in [3.8, 4) is 11.5 Å². The quantitative estimate of drug-likeness (QED) is 0.367. The van der Waals surface area contributed by atoms with Crippen LogP contribution in [0, 0.1) is 6.92 Å². The molecule has 2 fully saturated rings. The molecule has 2 saturated heterocycles. The number of amides is 3. The summed E-state index contributed by atoms with van der Waals surface area (Å²) in [6, 6.07) is 15.4. The highest BCUT2D eigenvalue weighted by atomic mass is 16.5. The van der Waals surface area contributed by atoms with E-state index >= 15 is 0 Å². The van der Waals surface area contributed by atoms with Crippen molar-refractivity contribution in [2.75, 3.05) is 19.1 Å². The van der Waals surface area contributed by atoms with Gasteiger partial charge in [0.1, 0.15) is 23.4 Å². The van der Waals surface area contributed by atoms with Crippen LogP contribution in [0.5, 0.6) is 11.5 Å². The van der Waals surface area contributed by atoms with Gasteiger partial charge in [0.25, 0.3) is 11.8 Å². The lowest BCUT2D eigenvalue weighted by molar-refractivity contribution is -0.120. The molecule has 0 saturated carbocycles. The first-order valence-corrected chi connectivity index (χ1v) is 13.7. The Morgan fingerprint density at radius 1 is 0.951 bits per heavy atom. The van der Waals surface area contributed by atoms with Gasteiger partial charge in [-0.05, 0) is 74.6 Å². The lowest BCUT2D eigenvalue weighted by atomic mass is 9.96. The molecular weight excluding hydrogens is 522 g/mol. The first kappa shape index (κ1) is 27.9. The molecule has 4 atom stereocenters. The van der Waals surface area contributed by atoms with Crippen molar-refractivity contribution in [3.63, 3.8) is 0 Å². The number of rotatable bonds is 9. The van der Waals surface area contributed by atoms with Crippen molar-refractivity contribution in [2.45, 2.75) is 56.8 Å². The standard InChI is InChI=1S/C31H35N5O5/c1-18-25(5-4-6-26(18)41-3)31(39)34-21-15-22-10-11-23(16-21)36(22)27-14-9-20(17-33-27)30(38)35-28(29(32)37)19-7-12-24(40-2)13-8-19/h4-9,12-14,17,21-23,28H,10-11,15-16H2,1-3H3,(H2,32,37)(H,34,39)(H,35,38)/t21?,22-,23?,28?/m0/s1. The number of piperidine rings is 1. The molecule has 0 spiro atoms. The number of benzene rings is 2. The molecule has 2 aliphatic rings. The fraction of sp³-hybridized carbons (Fsp3) is 0.355. The number of nitrogens with two attached hydrogens (primary N) is 1. The molecule has 5 rings (SSSR count). The number of nitrogens with zero attached hydrogens (tertiary/aromatic N) is 2. The molecule has 3 amide bonds. The SMILES string of the molecule is COc1ccc(C(NC(=O)c2ccc(N3C4CC[C@H]3CC(NC(=O)c3cccc(OC)c3C)C4)nc2)C(N)=O)cc1. The number of primary amides is 1. The van der Waals surface area contributed by atoms with Gasteiger partial charge in [0.2, 0.25) is 5.91 Å². The molecule has 2 bridgehead atoms. The summed E-state index contributed by atoms with van der Waals surface area (Å²) in [5, 5.41) is 5.94. The number of hydrogen-bond donors (Lipinski definition) is 3. The predicted octanol–water partition coefficient (Wildman–Crippen LogP) is 3.29. The van der Waals surface area contributed by atoms with E-state index in [0.29, 0.717) is 28.2 Å². The van der Waals surface area contributed by atoms with E-state index in [2.05, 4.69) is 20.5 Å². The summed E-state index contributed by atoms with van der Waals surface area (Å²) in [4.78, 5) is 45.0. The summed E-state index contributed by atoms with van der Waals surface area (Å²) >= 11 is 0. The Hall–Kier alpha value is -4.60. The predicted molar refractivity (Wildman–Crippen MR) is 154 cm³/mol.